The topological polar surface area (TPSA) is 29.5 Å². The average Bonchev–Trinajstić information content (AvgIpc) is 2.89. The minimum atomic E-state index is -2.88. The lowest BCUT2D eigenvalue weighted by molar-refractivity contribution is -0.0516. The predicted octanol–water partition coefficient (Wildman–Crippen LogP) is 4.02. The molecule has 2 rings (SSSR count). The zero-order valence-corrected chi connectivity index (χ0v) is 10.9. The Morgan fingerprint density at radius 2 is 1.95 bits per heavy atom. The van der Waals surface area contributed by atoms with Gasteiger partial charge in [-0.1, -0.05) is 24.3 Å². The molecule has 2 nitrogen and oxygen atoms in total. The van der Waals surface area contributed by atoms with Gasteiger partial charge in [-0.05, 0) is 30.4 Å². The average molecular weight is 284 g/mol. The van der Waals surface area contributed by atoms with Gasteiger partial charge in [-0.25, -0.2) is 0 Å². The van der Waals surface area contributed by atoms with Crippen LogP contribution in [0.15, 0.2) is 41.8 Å². The molecule has 0 radical (unpaired) electrons. The highest BCUT2D eigenvalue weighted by molar-refractivity contribution is 7.09. The molecule has 1 N–H and O–H groups in total. The van der Waals surface area contributed by atoms with Gasteiger partial charge in [0.2, 0.25) is 0 Å². The first-order valence-corrected chi connectivity index (χ1v) is 6.79. The van der Waals surface area contributed by atoms with E-state index in [0.717, 1.165) is 4.88 Å². The van der Waals surface area contributed by atoms with Crippen LogP contribution in [-0.2, 0) is 6.42 Å². The summed E-state index contributed by atoms with van der Waals surface area (Å²) < 4.78 is 29.0. The molecule has 0 aliphatic rings. The maximum absolute atomic E-state index is 12.3. The first kappa shape index (κ1) is 14.0. The molecule has 102 valence electrons. The largest absolute Gasteiger partial charge is 0.434 e. The number of aryl methyl sites for hydroxylation is 1. The standard InChI is InChI=1S/C14H14F2O2S/c15-14(16)18-13-6-2-1-5-11(13)12(17)8-7-10-4-3-9-19-10/h1-6,9,12,14,17H,7-8H2. The Labute approximate surface area is 114 Å². The van der Waals surface area contributed by atoms with Gasteiger partial charge in [0, 0.05) is 10.4 Å². The van der Waals surface area contributed by atoms with Crippen molar-refractivity contribution in [3.63, 3.8) is 0 Å². The number of rotatable bonds is 6. The van der Waals surface area contributed by atoms with Crippen molar-refractivity contribution in [3.8, 4) is 5.75 Å². The van der Waals surface area contributed by atoms with Crippen LogP contribution in [0.2, 0.25) is 0 Å². The fraction of sp³-hybridized carbons (Fsp3) is 0.286. The van der Waals surface area contributed by atoms with Crippen molar-refractivity contribution >= 4 is 11.3 Å². The van der Waals surface area contributed by atoms with E-state index >= 15 is 0 Å². The molecule has 0 amide bonds. The van der Waals surface area contributed by atoms with Crippen LogP contribution in [0, 0.1) is 0 Å². The van der Waals surface area contributed by atoms with Crippen LogP contribution in [0.4, 0.5) is 8.78 Å². The van der Waals surface area contributed by atoms with Crippen LogP contribution in [0.3, 0.4) is 0 Å². The minimum absolute atomic E-state index is 0.0381. The molecule has 1 heterocycles. The first-order valence-electron chi connectivity index (χ1n) is 5.91. The number of ether oxygens (including phenoxy) is 1. The summed E-state index contributed by atoms with van der Waals surface area (Å²) in [4.78, 5) is 1.16. The smallest absolute Gasteiger partial charge is 0.387 e. The quantitative estimate of drug-likeness (QED) is 0.868. The van der Waals surface area contributed by atoms with E-state index in [-0.39, 0.29) is 5.75 Å². The van der Waals surface area contributed by atoms with E-state index in [0.29, 0.717) is 18.4 Å². The van der Waals surface area contributed by atoms with Gasteiger partial charge in [0.1, 0.15) is 5.75 Å². The van der Waals surface area contributed by atoms with Crippen LogP contribution >= 0.6 is 11.3 Å². The number of aliphatic hydroxyl groups excluding tert-OH is 1. The van der Waals surface area contributed by atoms with Crippen LogP contribution in [0.1, 0.15) is 23.0 Å². The summed E-state index contributed by atoms with van der Waals surface area (Å²) in [5, 5.41) is 12.1. The van der Waals surface area contributed by atoms with E-state index in [1.54, 1.807) is 29.5 Å². The van der Waals surface area contributed by atoms with E-state index in [9.17, 15) is 13.9 Å². The molecule has 0 spiro atoms. The molecule has 1 unspecified atom stereocenters. The number of alkyl halides is 2. The summed E-state index contributed by atoms with van der Waals surface area (Å²) in [6.45, 7) is -2.88. The van der Waals surface area contributed by atoms with Gasteiger partial charge in [-0.2, -0.15) is 8.78 Å². The molecule has 0 saturated heterocycles. The third kappa shape index (κ3) is 4.01. The van der Waals surface area contributed by atoms with Gasteiger partial charge in [-0.3, -0.25) is 0 Å². The second kappa shape index (κ2) is 6.63. The fourth-order valence-corrected chi connectivity index (χ4v) is 2.57. The Morgan fingerprint density at radius 1 is 1.16 bits per heavy atom. The van der Waals surface area contributed by atoms with Gasteiger partial charge in [0.15, 0.2) is 0 Å². The summed E-state index contributed by atoms with van der Waals surface area (Å²) in [7, 11) is 0. The van der Waals surface area contributed by atoms with Gasteiger partial charge in [0.25, 0.3) is 0 Å². The van der Waals surface area contributed by atoms with Crippen molar-refractivity contribution in [2.24, 2.45) is 0 Å². The molecule has 2 aromatic rings. The van der Waals surface area contributed by atoms with E-state index in [4.69, 9.17) is 0 Å². The number of benzene rings is 1. The molecule has 1 aromatic carbocycles. The molecule has 0 aliphatic heterocycles. The molecule has 0 saturated carbocycles. The number of thiophene rings is 1. The molecule has 19 heavy (non-hydrogen) atoms. The van der Waals surface area contributed by atoms with Gasteiger partial charge >= 0.3 is 6.61 Å². The maximum atomic E-state index is 12.3. The van der Waals surface area contributed by atoms with Crippen molar-refractivity contribution in [1.82, 2.24) is 0 Å². The number of para-hydroxylation sites is 1. The Kier molecular flexibility index (Phi) is 4.87. The Bertz CT molecular complexity index is 500. The minimum Gasteiger partial charge on any atom is -0.434 e. The van der Waals surface area contributed by atoms with Crippen LogP contribution in [0.5, 0.6) is 5.75 Å². The lowest BCUT2D eigenvalue weighted by atomic mass is 10.0. The third-order valence-electron chi connectivity index (χ3n) is 2.74. The van der Waals surface area contributed by atoms with E-state index in [1.165, 1.54) is 6.07 Å². The van der Waals surface area contributed by atoms with Crippen molar-refractivity contribution in [2.75, 3.05) is 0 Å². The number of hydrogen-bond acceptors (Lipinski definition) is 3. The lowest BCUT2D eigenvalue weighted by Gasteiger charge is -2.15. The second-order valence-corrected chi connectivity index (χ2v) is 5.08. The van der Waals surface area contributed by atoms with E-state index < -0.39 is 12.7 Å². The fourth-order valence-electron chi connectivity index (χ4n) is 1.85. The summed E-state index contributed by atoms with van der Waals surface area (Å²) in [6, 6.07) is 10.3. The highest BCUT2D eigenvalue weighted by atomic mass is 32.1. The van der Waals surface area contributed by atoms with E-state index in [1.807, 2.05) is 17.5 Å². The number of hydrogen-bond donors (Lipinski definition) is 1. The lowest BCUT2D eigenvalue weighted by Crippen LogP contribution is -2.07. The molecule has 0 fully saturated rings. The molecule has 1 atom stereocenters. The maximum Gasteiger partial charge on any atom is 0.387 e. The van der Waals surface area contributed by atoms with Crippen LogP contribution in [-0.4, -0.2) is 11.7 Å². The molecule has 1 aromatic heterocycles. The summed E-state index contributed by atoms with van der Waals surface area (Å²) in [5.41, 5.74) is 0.402. The Hall–Kier alpha value is -1.46. The predicted molar refractivity (Wildman–Crippen MR) is 70.7 cm³/mol. The van der Waals surface area contributed by atoms with Crippen molar-refractivity contribution in [1.29, 1.82) is 0 Å². The normalized spacial score (nSPS) is 12.6. The highest BCUT2D eigenvalue weighted by Crippen LogP contribution is 2.29. The molecular formula is C14H14F2O2S. The summed E-state index contributed by atoms with van der Waals surface area (Å²) in [5.74, 6) is 0.0381. The van der Waals surface area contributed by atoms with Crippen LogP contribution in [0.25, 0.3) is 0 Å². The molecule has 0 aliphatic carbocycles. The Balaban J connectivity index is 2.03. The second-order valence-electron chi connectivity index (χ2n) is 4.05. The van der Waals surface area contributed by atoms with Crippen molar-refractivity contribution in [3.05, 3.63) is 52.2 Å². The van der Waals surface area contributed by atoms with Gasteiger partial charge in [0.05, 0.1) is 6.10 Å². The highest BCUT2D eigenvalue weighted by Gasteiger charge is 2.15. The third-order valence-corrected chi connectivity index (χ3v) is 3.67. The summed E-state index contributed by atoms with van der Waals surface area (Å²) >= 11 is 1.61. The van der Waals surface area contributed by atoms with Gasteiger partial charge < -0.3 is 9.84 Å². The van der Waals surface area contributed by atoms with Crippen LogP contribution < -0.4 is 4.74 Å². The number of halogens is 2. The zero-order chi connectivity index (χ0) is 13.7. The molecule has 5 heteroatoms. The summed E-state index contributed by atoms with van der Waals surface area (Å²) in [6.07, 6.45) is 0.378. The zero-order valence-electron chi connectivity index (χ0n) is 10.1. The first-order chi connectivity index (χ1) is 9.16. The van der Waals surface area contributed by atoms with Crippen molar-refractivity contribution < 1.29 is 18.6 Å². The Morgan fingerprint density at radius 3 is 2.63 bits per heavy atom. The number of aliphatic hydroxyl groups is 1. The molecule has 0 bridgehead atoms. The van der Waals surface area contributed by atoms with Crippen molar-refractivity contribution in [2.45, 2.75) is 25.6 Å². The molecular weight excluding hydrogens is 270 g/mol. The SMILES string of the molecule is OC(CCc1cccs1)c1ccccc1OC(F)F. The monoisotopic (exact) mass is 284 g/mol. The van der Waals surface area contributed by atoms with Gasteiger partial charge in [-0.15, -0.1) is 11.3 Å². The van der Waals surface area contributed by atoms with E-state index in [2.05, 4.69) is 4.74 Å².